The molecule has 0 heterocycles. The highest BCUT2D eigenvalue weighted by molar-refractivity contribution is 5.72. The number of ether oxygens (including phenoxy) is 5. The average molecular weight is 712 g/mol. The van der Waals surface area contributed by atoms with E-state index >= 15 is 0 Å². The zero-order chi connectivity index (χ0) is 38.2. The second kappa shape index (κ2) is 14.9. The molecule has 0 aliphatic heterocycles. The summed E-state index contributed by atoms with van der Waals surface area (Å²) in [7, 11) is 3.77. The second-order valence-electron chi connectivity index (χ2n) is 15.2. The Hall–Kier alpha value is -4.03. The van der Waals surface area contributed by atoms with Crippen LogP contribution >= 0.6 is 0 Å². The van der Waals surface area contributed by atoms with Crippen LogP contribution in [0.1, 0.15) is 92.7 Å². The summed E-state index contributed by atoms with van der Waals surface area (Å²) in [5.41, 5.74) is -2.28. The molecule has 12 heteroatoms. The minimum Gasteiger partial charge on any atom is -0.461 e. The first-order valence-electron chi connectivity index (χ1n) is 17.4. The molecule has 9 atom stereocenters. The van der Waals surface area contributed by atoms with Crippen LogP contribution in [-0.4, -0.2) is 90.1 Å². The van der Waals surface area contributed by atoms with E-state index in [0.717, 1.165) is 5.56 Å². The standard InChI is InChI=1S/C39H53NO11/c1-21-29(51-31(45)19-28(40(10)11)27-15-13-12-14-16-27)17-18-38(9)33(21)35(49-25(5)43)39(37(7,8)46)20-30(47-23(3)41)22(2)32(39)34(48-24(4)42)36(38)50-26(6)44/h12-16,28-30,33-36,46H,1,17-20H2,2-11H3/t28-,29+,30+,33?,34-,35+,36+,38-,39+/m1/s1. The van der Waals surface area contributed by atoms with Crippen LogP contribution in [-0.2, 0) is 47.7 Å². The van der Waals surface area contributed by atoms with Gasteiger partial charge < -0.3 is 33.7 Å². The van der Waals surface area contributed by atoms with Gasteiger partial charge >= 0.3 is 29.8 Å². The number of hydrogen-bond acceptors (Lipinski definition) is 12. The van der Waals surface area contributed by atoms with E-state index < -0.39 is 82.7 Å². The molecule has 0 aromatic heterocycles. The third kappa shape index (κ3) is 7.62. The summed E-state index contributed by atoms with van der Waals surface area (Å²) in [6, 6.07) is 9.34. The molecule has 1 unspecified atom stereocenters. The predicted octanol–water partition coefficient (Wildman–Crippen LogP) is 4.78. The van der Waals surface area contributed by atoms with Crippen LogP contribution in [0.25, 0.3) is 0 Å². The summed E-state index contributed by atoms with van der Waals surface area (Å²) in [4.78, 5) is 66.9. The smallest absolute Gasteiger partial charge is 0.308 e. The molecule has 1 aromatic rings. The molecule has 12 nitrogen and oxygen atoms in total. The number of fused-ring (bicyclic) bond motifs is 2. The number of benzene rings is 1. The summed E-state index contributed by atoms with van der Waals surface area (Å²) < 4.78 is 30.4. The van der Waals surface area contributed by atoms with E-state index in [1.54, 1.807) is 20.8 Å². The highest BCUT2D eigenvalue weighted by Crippen LogP contribution is 2.66. The third-order valence-electron chi connectivity index (χ3n) is 11.1. The van der Waals surface area contributed by atoms with Crippen molar-refractivity contribution in [2.45, 2.75) is 123 Å². The number of rotatable bonds is 10. The Morgan fingerprint density at radius 1 is 0.882 bits per heavy atom. The molecule has 2 saturated carbocycles. The van der Waals surface area contributed by atoms with Crippen LogP contribution in [0.2, 0.25) is 0 Å². The second-order valence-corrected chi connectivity index (χ2v) is 15.2. The minimum absolute atomic E-state index is 0.0461. The molecule has 1 N–H and O–H groups in total. The van der Waals surface area contributed by atoms with E-state index in [1.165, 1.54) is 27.7 Å². The van der Waals surface area contributed by atoms with E-state index in [4.69, 9.17) is 23.7 Å². The molecule has 4 rings (SSSR count). The predicted molar refractivity (Wildman–Crippen MR) is 186 cm³/mol. The van der Waals surface area contributed by atoms with Gasteiger partial charge in [-0.05, 0) is 70.0 Å². The van der Waals surface area contributed by atoms with Crippen molar-refractivity contribution < 1.29 is 52.8 Å². The fourth-order valence-corrected chi connectivity index (χ4v) is 8.93. The zero-order valence-electron chi connectivity index (χ0n) is 31.4. The van der Waals surface area contributed by atoms with Crippen molar-refractivity contribution in [1.29, 1.82) is 0 Å². The van der Waals surface area contributed by atoms with Gasteiger partial charge in [0.15, 0.2) is 6.10 Å². The lowest BCUT2D eigenvalue weighted by Gasteiger charge is -2.54. The lowest BCUT2D eigenvalue weighted by molar-refractivity contribution is -0.193. The van der Waals surface area contributed by atoms with Gasteiger partial charge in [-0.15, -0.1) is 0 Å². The average Bonchev–Trinajstić information content (AvgIpc) is 3.27. The van der Waals surface area contributed by atoms with Crippen LogP contribution in [0.15, 0.2) is 53.6 Å². The Morgan fingerprint density at radius 3 is 1.94 bits per heavy atom. The zero-order valence-corrected chi connectivity index (χ0v) is 31.4. The van der Waals surface area contributed by atoms with Crippen molar-refractivity contribution in [2.24, 2.45) is 16.7 Å². The summed E-state index contributed by atoms with van der Waals surface area (Å²) in [5, 5.41) is 12.3. The molecular weight excluding hydrogens is 658 g/mol. The molecule has 3 aliphatic rings. The third-order valence-corrected chi connectivity index (χ3v) is 11.1. The van der Waals surface area contributed by atoms with Crippen LogP contribution in [0.3, 0.4) is 0 Å². The Labute approximate surface area is 300 Å². The van der Waals surface area contributed by atoms with Crippen LogP contribution < -0.4 is 0 Å². The molecule has 51 heavy (non-hydrogen) atoms. The maximum Gasteiger partial charge on any atom is 0.308 e. The Kier molecular flexibility index (Phi) is 11.6. The fourth-order valence-electron chi connectivity index (χ4n) is 8.93. The summed E-state index contributed by atoms with van der Waals surface area (Å²) in [5.74, 6) is -3.97. The maximum atomic E-state index is 13.7. The van der Waals surface area contributed by atoms with Crippen molar-refractivity contribution in [1.82, 2.24) is 4.90 Å². The minimum atomic E-state index is -1.72. The normalized spacial score (nSPS) is 31.1. The SMILES string of the molecule is C=C1C2[C@H](OC(C)=O)[C@]3(C(C)(C)O)C[C@H](OC(C)=O)C(C)=C3[C@@H](OC(C)=O)[C@H](OC(C)=O)[C@]2(C)CC[C@@H]1OC(=O)C[C@H](c1ccccc1)N(C)C. The quantitative estimate of drug-likeness (QED) is 0.202. The van der Waals surface area contributed by atoms with Crippen molar-refractivity contribution in [3.8, 4) is 0 Å². The largest absolute Gasteiger partial charge is 0.461 e. The van der Waals surface area contributed by atoms with Gasteiger partial charge in [0, 0.05) is 51.5 Å². The van der Waals surface area contributed by atoms with Gasteiger partial charge in [0.1, 0.15) is 24.4 Å². The highest BCUT2D eigenvalue weighted by atomic mass is 16.6. The molecule has 0 amide bonds. The first-order chi connectivity index (χ1) is 23.6. The number of aliphatic hydroxyl groups is 1. The van der Waals surface area contributed by atoms with Crippen molar-refractivity contribution in [3.63, 3.8) is 0 Å². The molecule has 0 spiro atoms. The molecule has 0 radical (unpaired) electrons. The first kappa shape index (κ1) is 39.8. The molecule has 0 bridgehead atoms. The first-order valence-corrected chi connectivity index (χ1v) is 17.4. The number of carbonyl (C=O) groups is 5. The van der Waals surface area contributed by atoms with E-state index in [0.29, 0.717) is 16.7 Å². The summed E-state index contributed by atoms with van der Waals surface area (Å²) in [6.07, 6.45) is -4.88. The Morgan fingerprint density at radius 2 is 1.43 bits per heavy atom. The number of nitrogens with zero attached hydrogens (tertiary/aromatic N) is 1. The lowest BCUT2D eigenvalue weighted by Crippen LogP contribution is -2.60. The summed E-state index contributed by atoms with van der Waals surface area (Å²) in [6.45, 7) is 16.1. The van der Waals surface area contributed by atoms with E-state index in [1.807, 2.05) is 56.3 Å². The van der Waals surface area contributed by atoms with Gasteiger partial charge in [-0.2, -0.15) is 0 Å². The molecule has 3 aliphatic carbocycles. The topological polar surface area (TPSA) is 155 Å². The molecule has 1 aromatic carbocycles. The van der Waals surface area contributed by atoms with E-state index in [2.05, 4.69) is 6.58 Å². The molecule has 0 saturated heterocycles. The maximum absolute atomic E-state index is 13.7. The number of esters is 5. The van der Waals surface area contributed by atoms with Gasteiger partial charge in [-0.3, -0.25) is 24.0 Å². The Bertz CT molecular complexity index is 1580. The molecule has 2 fully saturated rings. The van der Waals surface area contributed by atoms with Gasteiger partial charge in [0.2, 0.25) is 0 Å². The van der Waals surface area contributed by atoms with Crippen LogP contribution in [0.5, 0.6) is 0 Å². The van der Waals surface area contributed by atoms with Gasteiger partial charge in [0.25, 0.3) is 0 Å². The van der Waals surface area contributed by atoms with Crippen molar-refractivity contribution in [3.05, 3.63) is 59.2 Å². The molecule has 280 valence electrons. The fraction of sp³-hybridized carbons (Fsp3) is 0.615. The monoisotopic (exact) mass is 711 g/mol. The van der Waals surface area contributed by atoms with Gasteiger partial charge in [-0.1, -0.05) is 43.8 Å². The van der Waals surface area contributed by atoms with Crippen LogP contribution in [0.4, 0.5) is 0 Å². The van der Waals surface area contributed by atoms with Crippen molar-refractivity contribution in [2.75, 3.05) is 14.1 Å². The summed E-state index contributed by atoms with van der Waals surface area (Å²) >= 11 is 0. The number of carbonyl (C=O) groups excluding carboxylic acids is 5. The lowest BCUT2D eigenvalue weighted by atomic mass is 9.55. The number of hydrogen-bond donors (Lipinski definition) is 1. The van der Waals surface area contributed by atoms with Gasteiger partial charge in [0.05, 0.1) is 17.4 Å². The van der Waals surface area contributed by atoms with Gasteiger partial charge in [-0.25, -0.2) is 0 Å². The Balaban J connectivity index is 1.93. The van der Waals surface area contributed by atoms with Crippen molar-refractivity contribution >= 4 is 29.8 Å². The highest BCUT2D eigenvalue weighted by Gasteiger charge is 2.72. The molecular formula is C39H53NO11. The van der Waals surface area contributed by atoms with E-state index in [9.17, 15) is 29.1 Å². The van der Waals surface area contributed by atoms with Crippen LogP contribution in [0, 0.1) is 16.7 Å². The van der Waals surface area contributed by atoms with E-state index in [-0.39, 0.29) is 31.7 Å².